The number of nitrogens with one attached hydrogen (secondary N) is 1. The van der Waals surface area contributed by atoms with Crippen molar-refractivity contribution in [1.29, 1.82) is 0 Å². The zero-order chi connectivity index (χ0) is 14.0. The first-order chi connectivity index (χ1) is 10.3. The molecule has 1 nitrogen and oxygen atoms in total. The van der Waals surface area contributed by atoms with Crippen LogP contribution in [0.15, 0.2) is 0 Å². The SMILES string of the molecule is CCCNC(CC1CC2CCC1C2)C1C2C3CCC(C3)C21. The molecule has 0 aliphatic heterocycles. The quantitative estimate of drug-likeness (QED) is 0.760. The van der Waals surface area contributed by atoms with Crippen LogP contribution >= 0.6 is 0 Å². The second-order valence-corrected chi connectivity index (χ2v) is 9.30. The second-order valence-electron chi connectivity index (χ2n) is 9.30. The van der Waals surface area contributed by atoms with E-state index in [4.69, 9.17) is 0 Å². The van der Waals surface area contributed by atoms with E-state index in [9.17, 15) is 0 Å². The molecule has 5 aliphatic rings. The van der Waals surface area contributed by atoms with Crippen molar-refractivity contribution in [2.24, 2.45) is 47.3 Å². The summed E-state index contributed by atoms with van der Waals surface area (Å²) in [6.45, 7) is 3.59. The summed E-state index contributed by atoms with van der Waals surface area (Å²) in [7, 11) is 0. The molecule has 5 saturated carbocycles. The molecule has 5 rings (SSSR count). The topological polar surface area (TPSA) is 12.0 Å². The molecule has 8 atom stereocenters. The van der Waals surface area contributed by atoms with Crippen LogP contribution in [0.1, 0.15) is 64.7 Å². The van der Waals surface area contributed by atoms with Crippen LogP contribution in [0.5, 0.6) is 0 Å². The summed E-state index contributed by atoms with van der Waals surface area (Å²) in [6.07, 6.45) is 13.9. The maximum absolute atomic E-state index is 4.02. The van der Waals surface area contributed by atoms with Gasteiger partial charge in [-0.25, -0.2) is 0 Å². The van der Waals surface area contributed by atoms with Gasteiger partial charge in [-0.3, -0.25) is 0 Å². The first-order valence-electron chi connectivity index (χ1n) is 10.1. The summed E-state index contributed by atoms with van der Waals surface area (Å²) < 4.78 is 0. The minimum Gasteiger partial charge on any atom is -0.314 e. The molecule has 118 valence electrons. The molecule has 0 amide bonds. The molecule has 1 N–H and O–H groups in total. The Balaban J connectivity index is 1.26. The predicted molar refractivity (Wildman–Crippen MR) is 86.9 cm³/mol. The maximum atomic E-state index is 4.02. The Labute approximate surface area is 130 Å². The minimum absolute atomic E-state index is 0.896. The molecule has 0 aromatic heterocycles. The van der Waals surface area contributed by atoms with Crippen molar-refractivity contribution in [1.82, 2.24) is 5.32 Å². The zero-order valence-electron chi connectivity index (χ0n) is 13.8. The van der Waals surface area contributed by atoms with Crippen molar-refractivity contribution in [3.05, 3.63) is 0 Å². The Hall–Kier alpha value is -0.0400. The third-order valence-corrected chi connectivity index (χ3v) is 8.36. The van der Waals surface area contributed by atoms with Gasteiger partial charge in [0, 0.05) is 6.04 Å². The molecule has 0 heterocycles. The zero-order valence-corrected chi connectivity index (χ0v) is 13.8. The van der Waals surface area contributed by atoms with E-state index in [1.165, 1.54) is 19.4 Å². The lowest BCUT2D eigenvalue weighted by molar-refractivity contribution is 0.247. The van der Waals surface area contributed by atoms with Crippen LogP contribution in [-0.4, -0.2) is 12.6 Å². The minimum atomic E-state index is 0.896. The fourth-order valence-electron chi connectivity index (χ4n) is 7.63. The molecule has 4 bridgehead atoms. The second kappa shape index (κ2) is 4.98. The first kappa shape index (κ1) is 13.4. The van der Waals surface area contributed by atoms with Gasteiger partial charge in [-0.2, -0.15) is 0 Å². The van der Waals surface area contributed by atoms with Crippen LogP contribution < -0.4 is 5.32 Å². The summed E-state index contributed by atoms with van der Waals surface area (Å²) in [4.78, 5) is 0. The lowest BCUT2D eigenvalue weighted by Crippen LogP contribution is -2.36. The Kier molecular flexibility index (Phi) is 3.18. The third kappa shape index (κ3) is 2.06. The van der Waals surface area contributed by atoms with Gasteiger partial charge in [0.1, 0.15) is 0 Å². The lowest BCUT2D eigenvalue weighted by Gasteiger charge is -2.29. The van der Waals surface area contributed by atoms with E-state index in [1.54, 1.807) is 44.9 Å². The first-order valence-corrected chi connectivity index (χ1v) is 10.1. The Bertz CT molecular complexity index is 389. The molecule has 5 fully saturated rings. The molecular weight excluding hydrogens is 254 g/mol. The van der Waals surface area contributed by atoms with Crippen molar-refractivity contribution in [3.8, 4) is 0 Å². The van der Waals surface area contributed by atoms with E-state index in [0.29, 0.717) is 0 Å². The van der Waals surface area contributed by atoms with E-state index in [0.717, 1.165) is 53.4 Å². The molecule has 8 unspecified atom stereocenters. The highest BCUT2D eigenvalue weighted by Gasteiger charge is 2.66. The van der Waals surface area contributed by atoms with Crippen LogP contribution in [0.25, 0.3) is 0 Å². The monoisotopic (exact) mass is 287 g/mol. The van der Waals surface area contributed by atoms with Gasteiger partial charge in [0.2, 0.25) is 0 Å². The summed E-state index contributed by atoms with van der Waals surface area (Å²) in [5, 5.41) is 4.02. The van der Waals surface area contributed by atoms with Crippen LogP contribution in [-0.2, 0) is 0 Å². The molecule has 5 aliphatic carbocycles. The summed E-state index contributed by atoms with van der Waals surface area (Å²) >= 11 is 0. The molecule has 0 aromatic rings. The van der Waals surface area contributed by atoms with Gasteiger partial charge in [0.25, 0.3) is 0 Å². The summed E-state index contributed by atoms with van der Waals surface area (Å²) in [6, 6.07) is 0.896. The van der Waals surface area contributed by atoms with E-state index >= 15 is 0 Å². The Morgan fingerprint density at radius 1 is 0.905 bits per heavy atom. The van der Waals surface area contributed by atoms with Crippen LogP contribution in [0, 0.1) is 47.3 Å². The van der Waals surface area contributed by atoms with Gasteiger partial charge in [0.05, 0.1) is 0 Å². The smallest absolute Gasteiger partial charge is 0.0104 e. The lowest BCUT2D eigenvalue weighted by atomic mass is 9.82. The van der Waals surface area contributed by atoms with Gasteiger partial charge >= 0.3 is 0 Å². The molecule has 1 heteroatoms. The van der Waals surface area contributed by atoms with Crippen LogP contribution in [0.4, 0.5) is 0 Å². The molecular formula is C20H33N. The third-order valence-electron chi connectivity index (χ3n) is 8.36. The number of hydrogen-bond acceptors (Lipinski definition) is 1. The largest absolute Gasteiger partial charge is 0.314 e. The molecule has 0 saturated heterocycles. The number of rotatable bonds is 6. The van der Waals surface area contributed by atoms with Crippen molar-refractivity contribution < 1.29 is 0 Å². The van der Waals surface area contributed by atoms with Crippen molar-refractivity contribution in [3.63, 3.8) is 0 Å². The van der Waals surface area contributed by atoms with Gasteiger partial charge in [0.15, 0.2) is 0 Å². The van der Waals surface area contributed by atoms with Gasteiger partial charge in [-0.1, -0.05) is 13.3 Å². The predicted octanol–water partition coefficient (Wildman–Crippen LogP) is 4.47. The summed E-state index contributed by atoms with van der Waals surface area (Å²) in [5.74, 6) is 9.07. The molecule has 0 aromatic carbocycles. The average molecular weight is 287 g/mol. The Morgan fingerprint density at radius 3 is 2.29 bits per heavy atom. The fourth-order valence-corrected chi connectivity index (χ4v) is 7.63. The van der Waals surface area contributed by atoms with E-state index in [-0.39, 0.29) is 0 Å². The van der Waals surface area contributed by atoms with E-state index in [1.807, 2.05) is 0 Å². The average Bonchev–Trinajstić information content (AvgIpc) is 2.98. The standard InChI is InChI=1S/C20H33N/c1-2-7-21-17(11-16-9-12-3-4-13(16)8-12)20-18-14-5-6-15(10-14)19(18)20/h12-21H,2-11H2,1H3. The number of hydrogen-bond donors (Lipinski definition) is 1. The van der Waals surface area contributed by atoms with Gasteiger partial charge < -0.3 is 5.32 Å². The normalized spacial score (nSPS) is 54.1. The summed E-state index contributed by atoms with van der Waals surface area (Å²) in [5.41, 5.74) is 0. The van der Waals surface area contributed by atoms with Crippen LogP contribution in [0.2, 0.25) is 0 Å². The molecule has 21 heavy (non-hydrogen) atoms. The molecule has 0 spiro atoms. The van der Waals surface area contributed by atoms with Crippen LogP contribution in [0.3, 0.4) is 0 Å². The number of fused-ring (bicyclic) bond motifs is 7. The van der Waals surface area contributed by atoms with Crippen molar-refractivity contribution in [2.45, 2.75) is 70.8 Å². The highest BCUT2D eigenvalue weighted by atomic mass is 15.0. The van der Waals surface area contributed by atoms with Crippen molar-refractivity contribution >= 4 is 0 Å². The van der Waals surface area contributed by atoms with Crippen molar-refractivity contribution in [2.75, 3.05) is 6.54 Å². The highest BCUT2D eigenvalue weighted by Crippen LogP contribution is 2.70. The fraction of sp³-hybridized carbons (Fsp3) is 1.00. The van der Waals surface area contributed by atoms with E-state index in [2.05, 4.69) is 12.2 Å². The van der Waals surface area contributed by atoms with Gasteiger partial charge in [-0.15, -0.1) is 0 Å². The molecule has 0 radical (unpaired) electrons. The maximum Gasteiger partial charge on any atom is 0.0104 e. The van der Waals surface area contributed by atoms with Gasteiger partial charge in [-0.05, 0) is 105 Å². The highest BCUT2D eigenvalue weighted by molar-refractivity contribution is 5.16. The van der Waals surface area contributed by atoms with E-state index < -0.39 is 0 Å². The Morgan fingerprint density at radius 2 is 1.67 bits per heavy atom.